The Morgan fingerprint density at radius 2 is 2.00 bits per heavy atom. The van der Waals surface area contributed by atoms with Gasteiger partial charge in [0.2, 0.25) is 10.0 Å². The molecule has 2 rings (SSSR count). The second kappa shape index (κ2) is 4.40. The van der Waals surface area contributed by atoms with Crippen LogP contribution in [0.5, 0.6) is 0 Å². The van der Waals surface area contributed by atoms with Gasteiger partial charge in [0.15, 0.2) is 0 Å². The Morgan fingerprint density at radius 3 is 2.53 bits per heavy atom. The van der Waals surface area contributed by atoms with Crippen molar-refractivity contribution in [3.63, 3.8) is 0 Å². The number of nitrogens with zero attached hydrogens (tertiary/aromatic N) is 1. The summed E-state index contributed by atoms with van der Waals surface area (Å²) in [4.78, 5) is 0.390. The van der Waals surface area contributed by atoms with Crippen LogP contribution in [0.15, 0.2) is 29.2 Å². The molecule has 1 aromatic rings. The topological polar surface area (TPSA) is 63.4 Å². The van der Waals surface area contributed by atoms with Gasteiger partial charge in [-0.1, -0.05) is 18.2 Å². The van der Waals surface area contributed by atoms with E-state index >= 15 is 0 Å². The summed E-state index contributed by atoms with van der Waals surface area (Å²) in [7, 11) is -3.40. The van der Waals surface area contributed by atoms with Crippen molar-refractivity contribution in [3.8, 4) is 0 Å². The highest BCUT2D eigenvalue weighted by Crippen LogP contribution is 2.26. The fraction of sp³-hybridized carbons (Fsp3) is 0.500. The van der Waals surface area contributed by atoms with E-state index in [-0.39, 0.29) is 12.1 Å². The summed E-state index contributed by atoms with van der Waals surface area (Å²) in [6.45, 7) is 4.19. The summed E-state index contributed by atoms with van der Waals surface area (Å²) >= 11 is 0. The fourth-order valence-corrected chi connectivity index (χ4v) is 4.16. The molecule has 1 saturated heterocycles. The molecule has 1 aromatic carbocycles. The van der Waals surface area contributed by atoms with Gasteiger partial charge in [0, 0.05) is 18.6 Å². The standard InChI is InChI=1S/C12H18N2O2S/c1-9-5-3-4-6-12(9)17(15,16)14-8-7-11(13)10(14)2/h3-6,10-11H,7-8,13H2,1-2H3. The number of nitrogens with two attached hydrogens (primary N) is 1. The van der Waals surface area contributed by atoms with Crippen molar-refractivity contribution >= 4 is 10.0 Å². The van der Waals surface area contributed by atoms with Gasteiger partial charge in [0.1, 0.15) is 0 Å². The van der Waals surface area contributed by atoms with Crippen LogP contribution in [0, 0.1) is 6.92 Å². The van der Waals surface area contributed by atoms with Gasteiger partial charge in [0.05, 0.1) is 4.90 Å². The van der Waals surface area contributed by atoms with E-state index in [2.05, 4.69) is 0 Å². The Morgan fingerprint density at radius 1 is 1.35 bits per heavy atom. The normalized spacial score (nSPS) is 26.3. The van der Waals surface area contributed by atoms with Crippen molar-refractivity contribution in [1.29, 1.82) is 0 Å². The van der Waals surface area contributed by atoms with Crippen LogP contribution in [0.2, 0.25) is 0 Å². The molecule has 1 aliphatic heterocycles. The van der Waals surface area contributed by atoms with Crippen LogP contribution in [-0.2, 0) is 10.0 Å². The highest BCUT2D eigenvalue weighted by molar-refractivity contribution is 7.89. The largest absolute Gasteiger partial charge is 0.326 e. The predicted octanol–water partition coefficient (Wildman–Crippen LogP) is 1.11. The summed E-state index contributed by atoms with van der Waals surface area (Å²) in [6, 6.07) is 6.87. The molecule has 5 heteroatoms. The van der Waals surface area contributed by atoms with E-state index in [1.807, 2.05) is 26.0 Å². The van der Waals surface area contributed by atoms with Gasteiger partial charge in [-0.15, -0.1) is 0 Å². The zero-order valence-electron chi connectivity index (χ0n) is 10.1. The molecule has 0 aromatic heterocycles. The molecule has 0 bridgehead atoms. The van der Waals surface area contributed by atoms with Crippen molar-refractivity contribution in [1.82, 2.24) is 4.31 Å². The minimum absolute atomic E-state index is 0.0613. The first kappa shape index (κ1) is 12.5. The Balaban J connectivity index is 2.41. The molecule has 0 radical (unpaired) electrons. The summed E-state index contributed by atoms with van der Waals surface area (Å²) in [5.41, 5.74) is 6.65. The zero-order valence-corrected chi connectivity index (χ0v) is 10.9. The summed E-state index contributed by atoms with van der Waals surface area (Å²) < 4.78 is 26.5. The molecule has 2 N–H and O–H groups in total. The SMILES string of the molecule is Cc1ccccc1S(=O)(=O)N1CCC(N)C1C. The second-order valence-corrected chi connectivity index (χ2v) is 6.43. The van der Waals surface area contributed by atoms with Crippen LogP contribution in [0.4, 0.5) is 0 Å². The van der Waals surface area contributed by atoms with Crippen molar-refractivity contribution in [2.45, 2.75) is 37.2 Å². The third kappa shape index (κ3) is 2.10. The number of rotatable bonds is 2. The monoisotopic (exact) mass is 254 g/mol. The molecule has 0 aliphatic carbocycles. The van der Waals surface area contributed by atoms with E-state index in [9.17, 15) is 8.42 Å². The van der Waals surface area contributed by atoms with Gasteiger partial charge in [0.25, 0.3) is 0 Å². The average molecular weight is 254 g/mol. The molecule has 1 fully saturated rings. The Hall–Kier alpha value is -0.910. The zero-order chi connectivity index (χ0) is 12.6. The lowest BCUT2D eigenvalue weighted by Crippen LogP contribution is -2.40. The lowest BCUT2D eigenvalue weighted by Gasteiger charge is -2.23. The Kier molecular flexibility index (Phi) is 3.25. The van der Waals surface area contributed by atoms with E-state index in [0.717, 1.165) is 12.0 Å². The molecule has 0 spiro atoms. The molecular weight excluding hydrogens is 236 g/mol. The maximum Gasteiger partial charge on any atom is 0.243 e. The van der Waals surface area contributed by atoms with Crippen molar-refractivity contribution in [2.24, 2.45) is 5.73 Å². The molecular formula is C12H18N2O2S. The number of aryl methyl sites for hydroxylation is 1. The summed E-state index contributed by atoms with van der Waals surface area (Å²) in [5.74, 6) is 0. The van der Waals surface area contributed by atoms with Gasteiger partial charge in [-0.05, 0) is 31.9 Å². The van der Waals surface area contributed by atoms with E-state index in [1.54, 1.807) is 12.1 Å². The third-order valence-electron chi connectivity index (χ3n) is 3.44. The van der Waals surface area contributed by atoms with E-state index < -0.39 is 10.0 Å². The first-order valence-corrected chi connectivity index (χ1v) is 7.21. The lowest BCUT2D eigenvalue weighted by molar-refractivity contribution is 0.393. The highest BCUT2D eigenvalue weighted by atomic mass is 32.2. The minimum Gasteiger partial charge on any atom is -0.326 e. The quantitative estimate of drug-likeness (QED) is 0.859. The number of sulfonamides is 1. The van der Waals surface area contributed by atoms with E-state index in [4.69, 9.17) is 5.73 Å². The first-order valence-electron chi connectivity index (χ1n) is 5.77. The van der Waals surface area contributed by atoms with Gasteiger partial charge in [-0.2, -0.15) is 4.31 Å². The number of hydrogen-bond acceptors (Lipinski definition) is 3. The molecule has 2 atom stereocenters. The van der Waals surface area contributed by atoms with Crippen LogP contribution in [0.1, 0.15) is 18.9 Å². The average Bonchev–Trinajstić information content (AvgIpc) is 2.60. The maximum absolute atomic E-state index is 12.5. The van der Waals surface area contributed by atoms with Gasteiger partial charge in [-0.3, -0.25) is 0 Å². The molecule has 94 valence electrons. The smallest absolute Gasteiger partial charge is 0.243 e. The lowest BCUT2D eigenvalue weighted by atomic mass is 10.2. The molecule has 2 unspecified atom stereocenters. The highest BCUT2D eigenvalue weighted by Gasteiger charge is 2.37. The molecule has 1 aliphatic rings. The summed E-state index contributed by atoms with van der Waals surface area (Å²) in [5, 5.41) is 0. The van der Waals surface area contributed by atoms with E-state index in [0.29, 0.717) is 11.4 Å². The van der Waals surface area contributed by atoms with Crippen LogP contribution in [0.3, 0.4) is 0 Å². The fourth-order valence-electron chi connectivity index (χ4n) is 2.25. The molecule has 0 saturated carbocycles. The van der Waals surface area contributed by atoms with Gasteiger partial charge < -0.3 is 5.73 Å². The molecule has 0 amide bonds. The van der Waals surface area contributed by atoms with Crippen LogP contribution in [0.25, 0.3) is 0 Å². The Labute approximate surface area is 102 Å². The minimum atomic E-state index is -3.40. The first-order chi connectivity index (χ1) is 7.94. The Bertz CT molecular complexity index is 513. The van der Waals surface area contributed by atoms with Crippen LogP contribution >= 0.6 is 0 Å². The second-order valence-electron chi connectivity index (χ2n) is 4.57. The number of hydrogen-bond donors (Lipinski definition) is 1. The van der Waals surface area contributed by atoms with Crippen LogP contribution < -0.4 is 5.73 Å². The van der Waals surface area contributed by atoms with E-state index in [1.165, 1.54) is 4.31 Å². The summed E-state index contributed by atoms with van der Waals surface area (Å²) in [6.07, 6.45) is 0.728. The predicted molar refractivity (Wildman–Crippen MR) is 67.1 cm³/mol. The number of benzene rings is 1. The molecule has 17 heavy (non-hydrogen) atoms. The maximum atomic E-state index is 12.5. The van der Waals surface area contributed by atoms with Gasteiger partial charge >= 0.3 is 0 Å². The van der Waals surface area contributed by atoms with Crippen molar-refractivity contribution in [2.75, 3.05) is 6.54 Å². The van der Waals surface area contributed by atoms with Crippen molar-refractivity contribution in [3.05, 3.63) is 29.8 Å². The van der Waals surface area contributed by atoms with Crippen LogP contribution in [-0.4, -0.2) is 31.4 Å². The third-order valence-corrected chi connectivity index (χ3v) is 5.58. The molecule has 1 heterocycles. The molecule has 4 nitrogen and oxygen atoms in total. The van der Waals surface area contributed by atoms with Crippen molar-refractivity contribution < 1.29 is 8.42 Å². The van der Waals surface area contributed by atoms with Gasteiger partial charge in [-0.25, -0.2) is 8.42 Å².